The molecule has 1 amide bonds. The van der Waals surface area contributed by atoms with Crippen molar-refractivity contribution in [2.24, 2.45) is 5.73 Å². The summed E-state index contributed by atoms with van der Waals surface area (Å²) < 4.78 is 0. The lowest BCUT2D eigenvalue weighted by atomic mass is 10.1. The highest BCUT2D eigenvalue weighted by Gasteiger charge is 2.04. The number of primary amides is 1. The Labute approximate surface area is 115 Å². The number of nitrogens with two attached hydrogens (primary N) is 1. The molecule has 1 aromatic heterocycles. The molecule has 1 heterocycles. The number of amides is 1. The number of nitrogens with one attached hydrogen (secondary N) is 1. The standard InChI is InChI=1S/C14H13N3O3/c15-13(18)11-5-6-16-12(7-11)17-8-9-1-3-10(4-2-9)14(19)20/h1-7H,8H2,(H2,15,18)(H,16,17)(H,19,20). The smallest absolute Gasteiger partial charge is 0.335 e. The summed E-state index contributed by atoms with van der Waals surface area (Å²) in [5, 5.41) is 11.8. The fraction of sp³-hybridized carbons (Fsp3) is 0.0714. The lowest BCUT2D eigenvalue weighted by molar-refractivity contribution is 0.0696. The number of anilines is 1. The first-order valence-electron chi connectivity index (χ1n) is 5.88. The quantitative estimate of drug-likeness (QED) is 0.764. The van der Waals surface area contributed by atoms with E-state index in [9.17, 15) is 9.59 Å². The van der Waals surface area contributed by atoms with Crippen LogP contribution in [-0.4, -0.2) is 22.0 Å². The van der Waals surface area contributed by atoms with Gasteiger partial charge >= 0.3 is 5.97 Å². The SMILES string of the molecule is NC(=O)c1ccnc(NCc2ccc(C(=O)O)cc2)c1. The van der Waals surface area contributed by atoms with Crippen molar-refractivity contribution in [2.45, 2.75) is 6.54 Å². The summed E-state index contributed by atoms with van der Waals surface area (Å²) in [5.74, 6) is -0.940. The Morgan fingerprint density at radius 3 is 2.45 bits per heavy atom. The van der Waals surface area contributed by atoms with E-state index in [1.54, 1.807) is 18.2 Å². The predicted molar refractivity (Wildman–Crippen MR) is 73.5 cm³/mol. The lowest BCUT2D eigenvalue weighted by Gasteiger charge is -2.06. The molecule has 20 heavy (non-hydrogen) atoms. The number of pyridine rings is 1. The molecule has 0 aliphatic carbocycles. The van der Waals surface area contributed by atoms with Crippen LogP contribution in [0.2, 0.25) is 0 Å². The number of hydrogen-bond donors (Lipinski definition) is 3. The summed E-state index contributed by atoms with van der Waals surface area (Å²) in [6.07, 6.45) is 1.50. The first-order valence-corrected chi connectivity index (χ1v) is 5.88. The van der Waals surface area contributed by atoms with Crippen molar-refractivity contribution in [1.82, 2.24) is 4.98 Å². The fourth-order valence-electron chi connectivity index (χ4n) is 1.64. The maximum Gasteiger partial charge on any atom is 0.335 e. The molecule has 0 saturated heterocycles. The molecule has 0 saturated carbocycles. The van der Waals surface area contributed by atoms with Gasteiger partial charge in [-0.05, 0) is 29.8 Å². The van der Waals surface area contributed by atoms with Crippen molar-refractivity contribution in [1.29, 1.82) is 0 Å². The van der Waals surface area contributed by atoms with E-state index in [0.29, 0.717) is 17.9 Å². The number of carboxylic acids is 1. The van der Waals surface area contributed by atoms with Gasteiger partial charge in [0.25, 0.3) is 0 Å². The summed E-state index contributed by atoms with van der Waals surface area (Å²) in [4.78, 5) is 25.8. The molecular formula is C14H13N3O3. The Hall–Kier alpha value is -2.89. The summed E-state index contributed by atoms with van der Waals surface area (Å²) in [6, 6.07) is 9.60. The zero-order chi connectivity index (χ0) is 14.5. The highest BCUT2D eigenvalue weighted by atomic mass is 16.4. The summed E-state index contributed by atoms with van der Waals surface area (Å²) in [7, 11) is 0. The zero-order valence-electron chi connectivity index (χ0n) is 10.5. The maximum atomic E-state index is 11.0. The van der Waals surface area contributed by atoms with Crippen molar-refractivity contribution in [2.75, 3.05) is 5.32 Å². The molecule has 0 fully saturated rings. The molecule has 0 atom stereocenters. The molecule has 6 nitrogen and oxygen atoms in total. The van der Waals surface area contributed by atoms with Gasteiger partial charge in [0.15, 0.2) is 0 Å². The predicted octanol–water partition coefficient (Wildman–Crippen LogP) is 1.49. The summed E-state index contributed by atoms with van der Waals surface area (Å²) in [6.45, 7) is 0.467. The van der Waals surface area contributed by atoms with Gasteiger partial charge in [-0.1, -0.05) is 12.1 Å². The van der Waals surface area contributed by atoms with E-state index in [1.165, 1.54) is 24.4 Å². The van der Waals surface area contributed by atoms with Gasteiger partial charge in [0.1, 0.15) is 5.82 Å². The van der Waals surface area contributed by atoms with Crippen LogP contribution in [-0.2, 0) is 6.54 Å². The van der Waals surface area contributed by atoms with E-state index in [1.807, 2.05) is 0 Å². The van der Waals surface area contributed by atoms with Crippen molar-refractivity contribution in [3.05, 3.63) is 59.3 Å². The first-order chi connectivity index (χ1) is 9.56. The van der Waals surface area contributed by atoms with Crippen LogP contribution in [0.25, 0.3) is 0 Å². The van der Waals surface area contributed by atoms with Gasteiger partial charge < -0.3 is 16.2 Å². The second-order valence-electron chi connectivity index (χ2n) is 4.15. The van der Waals surface area contributed by atoms with Crippen LogP contribution >= 0.6 is 0 Å². The average Bonchev–Trinajstić information content (AvgIpc) is 2.46. The normalized spacial score (nSPS) is 10.0. The number of carbonyl (C=O) groups excluding carboxylic acids is 1. The molecule has 0 bridgehead atoms. The highest BCUT2D eigenvalue weighted by Crippen LogP contribution is 2.10. The average molecular weight is 271 g/mol. The Morgan fingerprint density at radius 2 is 1.85 bits per heavy atom. The first kappa shape index (κ1) is 13.5. The Kier molecular flexibility index (Phi) is 3.95. The second-order valence-corrected chi connectivity index (χ2v) is 4.15. The van der Waals surface area contributed by atoms with Gasteiger partial charge in [-0.25, -0.2) is 9.78 Å². The molecule has 2 aromatic rings. The number of nitrogens with zero attached hydrogens (tertiary/aromatic N) is 1. The molecular weight excluding hydrogens is 258 g/mol. The molecule has 0 unspecified atom stereocenters. The number of aromatic nitrogens is 1. The molecule has 2 rings (SSSR count). The van der Waals surface area contributed by atoms with Crippen LogP contribution in [0, 0.1) is 0 Å². The number of rotatable bonds is 5. The molecule has 6 heteroatoms. The van der Waals surface area contributed by atoms with Crippen molar-refractivity contribution >= 4 is 17.7 Å². The van der Waals surface area contributed by atoms with Crippen LogP contribution in [0.15, 0.2) is 42.6 Å². The summed E-state index contributed by atoms with van der Waals surface area (Å²) in [5.41, 5.74) is 6.71. The van der Waals surface area contributed by atoms with E-state index >= 15 is 0 Å². The maximum absolute atomic E-state index is 11.0. The van der Waals surface area contributed by atoms with Gasteiger partial charge in [0.05, 0.1) is 5.56 Å². The van der Waals surface area contributed by atoms with E-state index in [4.69, 9.17) is 10.8 Å². The van der Waals surface area contributed by atoms with Gasteiger partial charge in [0.2, 0.25) is 5.91 Å². The zero-order valence-corrected chi connectivity index (χ0v) is 10.5. The minimum Gasteiger partial charge on any atom is -0.478 e. The van der Waals surface area contributed by atoms with Gasteiger partial charge in [-0.15, -0.1) is 0 Å². The number of carboxylic acid groups (broad SMARTS) is 1. The van der Waals surface area contributed by atoms with Crippen LogP contribution in [0.1, 0.15) is 26.3 Å². The topological polar surface area (TPSA) is 105 Å². The Balaban J connectivity index is 2.03. The monoisotopic (exact) mass is 271 g/mol. The number of carbonyl (C=O) groups is 2. The van der Waals surface area contributed by atoms with Crippen molar-refractivity contribution in [3.63, 3.8) is 0 Å². The van der Waals surface area contributed by atoms with E-state index in [2.05, 4.69) is 10.3 Å². The van der Waals surface area contributed by atoms with E-state index < -0.39 is 11.9 Å². The number of hydrogen-bond acceptors (Lipinski definition) is 4. The van der Waals surface area contributed by atoms with E-state index in [0.717, 1.165) is 5.56 Å². The molecule has 1 aromatic carbocycles. The molecule has 0 aliphatic heterocycles. The minimum atomic E-state index is -0.958. The number of benzene rings is 1. The molecule has 4 N–H and O–H groups in total. The second kappa shape index (κ2) is 5.83. The van der Waals surface area contributed by atoms with Crippen LogP contribution in [0.5, 0.6) is 0 Å². The third kappa shape index (κ3) is 3.32. The minimum absolute atomic E-state index is 0.239. The third-order valence-corrected chi connectivity index (χ3v) is 2.72. The molecule has 0 spiro atoms. The molecule has 0 radical (unpaired) electrons. The Morgan fingerprint density at radius 1 is 1.15 bits per heavy atom. The van der Waals surface area contributed by atoms with Crippen LogP contribution < -0.4 is 11.1 Å². The number of aromatic carboxylic acids is 1. The van der Waals surface area contributed by atoms with Crippen LogP contribution in [0.4, 0.5) is 5.82 Å². The largest absolute Gasteiger partial charge is 0.478 e. The van der Waals surface area contributed by atoms with Crippen molar-refractivity contribution in [3.8, 4) is 0 Å². The van der Waals surface area contributed by atoms with Gasteiger partial charge in [-0.3, -0.25) is 4.79 Å². The van der Waals surface area contributed by atoms with E-state index in [-0.39, 0.29) is 5.56 Å². The molecule has 102 valence electrons. The van der Waals surface area contributed by atoms with Gasteiger partial charge in [-0.2, -0.15) is 0 Å². The van der Waals surface area contributed by atoms with Gasteiger partial charge in [0, 0.05) is 18.3 Å². The molecule has 0 aliphatic rings. The van der Waals surface area contributed by atoms with Crippen molar-refractivity contribution < 1.29 is 14.7 Å². The summed E-state index contributed by atoms with van der Waals surface area (Å²) >= 11 is 0. The van der Waals surface area contributed by atoms with Crippen LogP contribution in [0.3, 0.4) is 0 Å². The highest BCUT2D eigenvalue weighted by molar-refractivity contribution is 5.93. The third-order valence-electron chi connectivity index (χ3n) is 2.72. The lowest BCUT2D eigenvalue weighted by Crippen LogP contribution is -2.12. The fourth-order valence-corrected chi connectivity index (χ4v) is 1.64. The Bertz CT molecular complexity index is 638.